The molecule has 1 N–H and O–H groups in total. The van der Waals surface area contributed by atoms with Crippen molar-refractivity contribution in [3.05, 3.63) is 11.8 Å². The maximum Gasteiger partial charge on any atom is 0.303 e. The highest BCUT2D eigenvalue weighted by molar-refractivity contribution is 6.74. The molecular formula is C36H66O9Si2. The minimum absolute atomic E-state index is 0.00263. The van der Waals surface area contributed by atoms with Crippen LogP contribution in [0.1, 0.15) is 102 Å². The van der Waals surface area contributed by atoms with Crippen LogP contribution in [-0.2, 0) is 37.4 Å². The predicted octanol–water partition coefficient (Wildman–Crippen LogP) is 7.94. The van der Waals surface area contributed by atoms with Crippen LogP contribution >= 0.6 is 0 Å². The molecule has 0 aromatic carbocycles. The van der Waals surface area contributed by atoms with E-state index in [2.05, 4.69) is 94.6 Å². The smallest absolute Gasteiger partial charge is 0.303 e. The molecule has 0 saturated heterocycles. The third-order valence-corrected chi connectivity index (χ3v) is 21.5. The van der Waals surface area contributed by atoms with Crippen molar-refractivity contribution in [3.8, 4) is 0 Å². The van der Waals surface area contributed by atoms with Gasteiger partial charge in [0.2, 0.25) is 8.32 Å². The van der Waals surface area contributed by atoms with Crippen LogP contribution in [0.5, 0.6) is 0 Å². The summed E-state index contributed by atoms with van der Waals surface area (Å²) in [5.74, 6) is -2.62. The van der Waals surface area contributed by atoms with Gasteiger partial charge in [-0.1, -0.05) is 62.3 Å². The second-order valence-electron chi connectivity index (χ2n) is 18.3. The molecule has 3 aliphatic carbocycles. The molecule has 0 amide bonds. The molecule has 3 rings (SSSR count). The second kappa shape index (κ2) is 13.5. The number of aliphatic hydroxyl groups is 1. The topological polar surface area (TPSA) is 110 Å². The van der Waals surface area contributed by atoms with Crippen molar-refractivity contribution in [1.82, 2.24) is 0 Å². The van der Waals surface area contributed by atoms with E-state index in [1.54, 1.807) is 7.11 Å². The van der Waals surface area contributed by atoms with E-state index in [0.717, 1.165) is 5.76 Å². The lowest BCUT2D eigenvalue weighted by Crippen LogP contribution is -2.70. The first-order valence-corrected chi connectivity index (χ1v) is 23.2. The van der Waals surface area contributed by atoms with Crippen molar-refractivity contribution >= 4 is 28.6 Å². The van der Waals surface area contributed by atoms with Gasteiger partial charge in [0.15, 0.2) is 14.1 Å². The quantitative estimate of drug-likeness (QED) is 0.146. The lowest BCUT2D eigenvalue weighted by molar-refractivity contribution is -0.329. The Labute approximate surface area is 287 Å². The Morgan fingerprint density at radius 1 is 0.936 bits per heavy atom. The molecule has 2 saturated carbocycles. The number of rotatable bonds is 9. The van der Waals surface area contributed by atoms with E-state index < -0.39 is 69.4 Å². The van der Waals surface area contributed by atoms with Gasteiger partial charge in [-0.25, -0.2) is 0 Å². The van der Waals surface area contributed by atoms with Crippen molar-refractivity contribution in [3.63, 3.8) is 0 Å². The second-order valence-corrected chi connectivity index (χ2v) is 27.7. The average Bonchev–Trinajstić information content (AvgIpc) is 2.87. The minimum atomic E-state index is -2.63. The molecule has 2 fully saturated rings. The van der Waals surface area contributed by atoms with Crippen LogP contribution in [0.4, 0.5) is 0 Å². The van der Waals surface area contributed by atoms with Crippen molar-refractivity contribution in [2.24, 2.45) is 28.6 Å². The number of hydrogen-bond acceptors (Lipinski definition) is 9. The molecule has 47 heavy (non-hydrogen) atoms. The van der Waals surface area contributed by atoms with E-state index in [-0.39, 0.29) is 28.7 Å². The zero-order valence-corrected chi connectivity index (χ0v) is 34.3. The van der Waals surface area contributed by atoms with Crippen LogP contribution < -0.4 is 0 Å². The Kier molecular flexibility index (Phi) is 11.5. The third kappa shape index (κ3) is 7.75. The first kappa shape index (κ1) is 40.2. The van der Waals surface area contributed by atoms with Gasteiger partial charge in [0.1, 0.15) is 25.1 Å². The first-order valence-electron chi connectivity index (χ1n) is 17.4. The number of fused-ring (bicyclic) bond motifs is 3. The Bertz CT molecular complexity index is 1180. The highest BCUT2D eigenvalue weighted by Gasteiger charge is 2.68. The standard InChI is InChI=1S/C36H66O9Si2/c1-23(37)42-30-25-17-18-27(44-46(13,14)32(3,4)5)26(34(25,9)10)21-28-35(11,31(30)43-24(2)38)20-19-29(41-22-40-12)36(28,39)45-47(15,16)33(6,7)8/h18,25-26,28-31,39H,17,19-22H2,1-16H3/t25-,26-,28-,29-,30+,31-,35+,36-/m0/s1. The Hall–Kier alpha value is -1.25. The molecule has 0 aromatic heterocycles. The van der Waals surface area contributed by atoms with Gasteiger partial charge in [0.25, 0.3) is 0 Å². The van der Waals surface area contributed by atoms with E-state index in [1.165, 1.54) is 13.8 Å². The van der Waals surface area contributed by atoms with E-state index in [4.69, 9.17) is 27.8 Å². The third-order valence-electron chi connectivity index (χ3n) is 12.7. The summed E-state index contributed by atoms with van der Waals surface area (Å²) in [6.07, 6.45) is 1.99. The molecule has 9 nitrogen and oxygen atoms in total. The molecule has 8 atom stereocenters. The maximum absolute atomic E-state index is 13.3. The lowest BCUT2D eigenvalue weighted by Gasteiger charge is -2.63. The summed E-state index contributed by atoms with van der Waals surface area (Å²) in [4.78, 5) is 25.7. The normalized spacial score (nSPS) is 34.7. The molecule has 0 radical (unpaired) electrons. The number of allylic oxidation sites excluding steroid dienone is 2. The van der Waals surface area contributed by atoms with Crippen LogP contribution in [0.15, 0.2) is 11.8 Å². The highest BCUT2D eigenvalue weighted by Crippen LogP contribution is 2.63. The van der Waals surface area contributed by atoms with Crippen molar-refractivity contribution in [2.75, 3.05) is 13.9 Å². The van der Waals surface area contributed by atoms with Gasteiger partial charge in [-0.05, 0) is 73.4 Å². The number of methoxy groups -OCH3 is 1. The maximum atomic E-state index is 13.3. The molecule has 0 aromatic rings. The van der Waals surface area contributed by atoms with E-state index in [9.17, 15) is 14.7 Å². The van der Waals surface area contributed by atoms with Crippen LogP contribution in [0.3, 0.4) is 0 Å². The van der Waals surface area contributed by atoms with E-state index in [0.29, 0.717) is 25.7 Å². The number of esters is 2. The van der Waals surface area contributed by atoms with Gasteiger partial charge >= 0.3 is 11.9 Å². The summed E-state index contributed by atoms with van der Waals surface area (Å²) in [6, 6.07) is 0. The van der Waals surface area contributed by atoms with E-state index in [1.807, 2.05) is 0 Å². The molecule has 272 valence electrons. The van der Waals surface area contributed by atoms with Crippen molar-refractivity contribution in [1.29, 1.82) is 0 Å². The van der Waals surface area contributed by atoms with Gasteiger partial charge in [-0.15, -0.1) is 0 Å². The lowest BCUT2D eigenvalue weighted by atomic mass is 9.49. The number of ether oxygens (including phenoxy) is 4. The summed E-state index contributed by atoms with van der Waals surface area (Å²) in [5.41, 5.74) is -1.31. The minimum Gasteiger partial charge on any atom is -0.547 e. The number of hydrogen-bond donors (Lipinski definition) is 1. The van der Waals surface area contributed by atoms with Gasteiger partial charge in [-0.3, -0.25) is 9.59 Å². The zero-order chi connectivity index (χ0) is 36.2. The van der Waals surface area contributed by atoms with Crippen molar-refractivity contribution in [2.45, 2.75) is 162 Å². The Morgan fingerprint density at radius 2 is 1.49 bits per heavy atom. The molecule has 0 spiro atoms. The van der Waals surface area contributed by atoms with Gasteiger partial charge < -0.3 is 32.9 Å². The highest BCUT2D eigenvalue weighted by atomic mass is 28.4. The molecule has 3 aliphatic rings. The van der Waals surface area contributed by atoms with Crippen LogP contribution in [0, 0.1) is 28.6 Å². The molecule has 0 unspecified atom stereocenters. The summed E-state index contributed by atoms with van der Waals surface area (Å²) >= 11 is 0. The van der Waals surface area contributed by atoms with Crippen LogP contribution in [0.2, 0.25) is 36.3 Å². The molecule has 2 bridgehead atoms. The van der Waals surface area contributed by atoms with Gasteiger partial charge in [0, 0.05) is 44.1 Å². The summed E-state index contributed by atoms with van der Waals surface area (Å²) in [7, 11) is -3.33. The average molecular weight is 699 g/mol. The number of carbonyl (C=O) groups excluding carboxylic acids is 2. The molecule has 0 heterocycles. The largest absolute Gasteiger partial charge is 0.547 e. The SMILES string of the molecule is COCO[C@H]1CC[C@@]2(C)[C@@H](OC(C)=O)[C@H](OC(C)=O)[C@@H]3CC=C(O[Si](C)(C)C(C)(C)C)[C@H](C[C@@H]2[C@]1(O)O[Si](C)(C)C(C)(C)C)C3(C)C. The summed E-state index contributed by atoms with van der Waals surface area (Å²) < 4.78 is 38.4. The fourth-order valence-electron chi connectivity index (χ4n) is 7.74. The summed E-state index contributed by atoms with van der Waals surface area (Å²) in [5, 5.41) is 13.1. The molecular weight excluding hydrogens is 633 g/mol. The van der Waals surface area contributed by atoms with Crippen molar-refractivity contribution < 1.29 is 42.5 Å². The predicted molar refractivity (Wildman–Crippen MR) is 188 cm³/mol. The zero-order valence-electron chi connectivity index (χ0n) is 32.3. The fourth-order valence-corrected chi connectivity index (χ4v) is 10.3. The van der Waals surface area contributed by atoms with E-state index >= 15 is 0 Å². The summed E-state index contributed by atoms with van der Waals surface area (Å²) in [6.45, 7) is 31.2. The van der Waals surface area contributed by atoms with Crippen LogP contribution in [-0.4, -0.2) is 71.7 Å². The first-order chi connectivity index (χ1) is 21.2. The van der Waals surface area contributed by atoms with Gasteiger partial charge in [0.05, 0.1) is 5.76 Å². The monoisotopic (exact) mass is 698 g/mol. The number of carbonyl (C=O) groups is 2. The Balaban J connectivity index is 2.39. The Morgan fingerprint density at radius 3 is 1.98 bits per heavy atom. The molecule has 0 aliphatic heterocycles. The van der Waals surface area contributed by atoms with Gasteiger partial charge in [-0.2, -0.15) is 0 Å². The fraction of sp³-hybridized carbons (Fsp3) is 0.889. The van der Waals surface area contributed by atoms with Crippen LogP contribution in [0.25, 0.3) is 0 Å². The molecule has 11 heteroatoms.